The highest BCUT2D eigenvalue weighted by atomic mass is 15.3. The number of nitrogens with one attached hydrogen (secondary N) is 1. The van der Waals surface area contributed by atoms with E-state index >= 15 is 0 Å². The highest BCUT2D eigenvalue weighted by Gasteiger charge is 2.28. The molecular formula is C14H16N4. The van der Waals surface area contributed by atoms with Gasteiger partial charge in [-0.05, 0) is 24.0 Å². The lowest BCUT2D eigenvalue weighted by atomic mass is 10.1. The lowest BCUT2D eigenvalue weighted by molar-refractivity contribution is 0.480. The van der Waals surface area contributed by atoms with Crippen LogP contribution in [0, 0.1) is 0 Å². The summed E-state index contributed by atoms with van der Waals surface area (Å²) in [5.74, 6) is 2.79. The van der Waals surface area contributed by atoms with Gasteiger partial charge in [0, 0.05) is 19.0 Å². The normalized spacial score (nSPS) is 18.7. The van der Waals surface area contributed by atoms with Crippen molar-refractivity contribution in [2.45, 2.75) is 31.8 Å². The molecule has 2 heterocycles. The van der Waals surface area contributed by atoms with Crippen LogP contribution in [0.5, 0.6) is 0 Å². The van der Waals surface area contributed by atoms with E-state index in [0.717, 1.165) is 38.3 Å². The van der Waals surface area contributed by atoms with Gasteiger partial charge in [-0.25, -0.2) is 0 Å². The molecule has 0 atom stereocenters. The number of hydrogen-bond donors (Lipinski definition) is 1. The first kappa shape index (κ1) is 10.3. The van der Waals surface area contributed by atoms with Gasteiger partial charge in [-0.3, -0.25) is 0 Å². The Kier molecular flexibility index (Phi) is 2.23. The fourth-order valence-corrected chi connectivity index (χ4v) is 3.16. The standard InChI is InChI=1S/C14H16N4/c1-2-4-11-8-12(7-10(11)3-1)14-17-16-13-9-15-5-6-18(13)14/h1-4,12,15H,5-9H2. The van der Waals surface area contributed by atoms with Crippen molar-refractivity contribution in [3.63, 3.8) is 0 Å². The summed E-state index contributed by atoms with van der Waals surface area (Å²) in [6.07, 6.45) is 2.23. The molecule has 4 heteroatoms. The van der Waals surface area contributed by atoms with Gasteiger partial charge in [0.25, 0.3) is 0 Å². The van der Waals surface area contributed by atoms with Crippen molar-refractivity contribution in [1.29, 1.82) is 0 Å². The minimum absolute atomic E-state index is 0.516. The Morgan fingerprint density at radius 3 is 2.67 bits per heavy atom. The van der Waals surface area contributed by atoms with Gasteiger partial charge < -0.3 is 9.88 Å². The molecule has 0 saturated heterocycles. The number of benzene rings is 1. The van der Waals surface area contributed by atoms with Crippen LogP contribution in [0.4, 0.5) is 0 Å². The third kappa shape index (κ3) is 1.49. The van der Waals surface area contributed by atoms with E-state index in [2.05, 4.69) is 44.3 Å². The third-order valence-electron chi connectivity index (χ3n) is 4.07. The van der Waals surface area contributed by atoms with Crippen LogP contribution in [0.1, 0.15) is 28.7 Å². The molecule has 0 unspecified atom stereocenters. The number of hydrogen-bond acceptors (Lipinski definition) is 3. The van der Waals surface area contributed by atoms with Crippen molar-refractivity contribution in [3.8, 4) is 0 Å². The number of nitrogens with zero attached hydrogens (tertiary/aromatic N) is 3. The molecule has 0 amide bonds. The summed E-state index contributed by atoms with van der Waals surface area (Å²) in [5, 5.41) is 12.1. The summed E-state index contributed by atoms with van der Waals surface area (Å²) in [6, 6.07) is 8.74. The van der Waals surface area contributed by atoms with E-state index in [1.54, 1.807) is 0 Å². The molecule has 0 radical (unpaired) electrons. The molecule has 0 spiro atoms. The van der Waals surface area contributed by atoms with Gasteiger partial charge in [0.1, 0.15) is 11.6 Å². The minimum Gasteiger partial charge on any atom is -0.312 e. The maximum Gasteiger partial charge on any atom is 0.147 e. The second-order valence-electron chi connectivity index (χ2n) is 5.18. The van der Waals surface area contributed by atoms with Crippen molar-refractivity contribution in [2.75, 3.05) is 6.54 Å². The van der Waals surface area contributed by atoms with Gasteiger partial charge in [0.2, 0.25) is 0 Å². The summed E-state index contributed by atoms with van der Waals surface area (Å²) in [5.41, 5.74) is 2.96. The Bertz CT molecular complexity index is 562. The van der Waals surface area contributed by atoms with E-state index in [1.807, 2.05) is 0 Å². The fourth-order valence-electron chi connectivity index (χ4n) is 3.16. The van der Waals surface area contributed by atoms with Gasteiger partial charge in [0.15, 0.2) is 0 Å². The first-order valence-electron chi connectivity index (χ1n) is 6.61. The lowest BCUT2D eigenvalue weighted by Crippen LogP contribution is -2.29. The van der Waals surface area contributed by atoms with Gasteiger partial charge in [-0.15, -0.1) is 10.2 Å². The van der Waals surface area contributed by atoms with Crippen molar-refractivity contribution in [1.82, 2.24) is 20.1 Å². The Labute approximate surface area is 106 Å². The van der Waals surface area contributed by atoms with Crippen LogP contribution in [0.15, 0.2) is 24.3 Å². The molecule has 4 nitrogen and oxygen atoms in total. The Morgan fingerprint density at radius 2 is 1.89 bits per heavy atom. The smallest absolute Gasteiger partial charge is 0.147 e. The largest absolute Gasteiger partial charge is 0.312 e. The van der Waals surface area contributed by atoms with Crippen LogP contribution in [-0.2, 0) is 25.9 Å². The lowest BCUT2D eigenvalue weighted by Gasteiger charge is -2.18. The van der Waals surface area contributed by atoms with E-state index in [4.69, 9.17) is 0 Å². The second kappa shape index (κ2) is 3.92. The van der Waals surface area contributed by atoms with Crippen molar-refractivity contribution in [2.24, 2.45) is 0 Å². The Balaban J connectivity index is 1.68. The highest BCUT2D eigenvalue weighted by molar-refractivity contribution is 5.35. The van der Waals surface area contributed by atoms with Crippen LogP contribution >= 0.6 is 0 Å². The van der Waals surface area contributed by atoms with Crippen LogP contribution in [0.3, 0.4) is 0 Å². The first-order chi connectivity index (χ1) is 8.92. The second-order valence-corrected chi connectivity index (χ2v) is 5.18. The van der Waals surface area contributed by atoms with Crippen LogP contribution in [-0.4, -0.2) is 21.3 Å². The molecule has 1 aliphatic heterocycles. The van der Waals surface area contributed by atoms with Gasteiger partial charge in [-0.2, -0.15) is 0 Å². The molecule has 1 N–H and O–H groups in total. The highest BCUT2D eigenvalue weighted by Crippen LogP contribution is 2.33. The Morgan fingerprint density at radius 1 is 1.11 bits per heavy atom. The molecule has 2 aliphatic rings. The summed E-state index contributed by atoms with van der Waals surface area (Å²) in [6.45, 7) is 2.88. The van der Waals surface area contributed by atoms with Gasteiger partial charge in [-0.1, -0.05) is 24.3 Å². The molecule has 1 aliphatic carbocycles. The summed E-state index contributed by atoms with van der Waals surface area (Å²) in [4.78, 5) is 0. The van der Waals surface area contributed by atoms with Crippen molar-refractivity contribution >= 4 is 0 Å². The fraction of sp³-hybridized carbons (Fsp3) is 0.429. The van der Waals surface area contributed by atoms with E-state index in [-0.39, 0.29) is 0 Å². The molecule has 1 aromatic heterocycles. The van der Waals surface area contributed by atoms with Crippen LogP contribution in [0.2, 0.25) is 0 Å². The van der Waals surface area contributed by atoms with Crippen LogP contribution < -0.4 is 5.32 Å². The Hall–Kier alpha value is -1.68. The first-order valence-corrected chi connectivity index (χ1v) is 6.61. The minimum atomic E-state index is 0.516. The number of aromatic nitrogens is 3. The summed E-state index contributed by atoms with van der Waals surface area (Å²) >= 11 is 0. The average Bonchev–Trinajstić information content (AvgIpc) is 3.02. The van der Waals surface area contributed by atoms with Crippen LogP contribution in [0.25, 0.3) is 0 Å². The molecular weight excluding hydrogens is 224 g/mol. The topological polar surface area (TPSA) is 42.7 Å². The molecule has 92 valence electrons. The van der Waals surface area contributed by atoms with Crippen molar-refractivity contribution in [3.05, 3.63) is 47.0 Å². The quantitative estimate of drug-likeness (QED) is 0.816. The molecule has 0 fully saturated rings. The zero-order chi connectivity index (χ0) is 11.9. The monoisotopic (exact) mass is 240 g/mol. The SMILES string of the molecule is c1ccc2c(c1)CC(c1nnc3n1CCNC3)C2. The van der Waals surface area contributed by atoms with E-state index < -0.39 is 0 Å². The van der Waals surface area contributed by atoms with Gasteiger partial charge in [0.05, 0.1) is 6.54 Å². The zero-order valence-corrected chi connectivity index (χ0v) is 10.3. The van der Waals surface area contributed by atoms with E-state index in [1.165, 1.54) is 17.0 Å². The number of fused-ring (bicyclic) bond motifs is 2. The maximum atomic E-state index is 4.44. The zero-order valence-electron chi connectivity index (χ0n) is 10.3. The molecule has 4 rings (SSSR count). The van der Waals surface area contributed by atoms with Gasteiger partial charge >= 0.3 is 0 Å². The third-order valence-corrected chi connectivity index (χ3v) is 4.07. The predicted octanol–water partition coefficient (Wildman–Crippen LogP) is 1.26. The number of rotatable bonds is 1. The predicted molar refractivity (Wildman–Crippen MR) is 68.3 cm³/mol. The molecule has 0 saturated carbocycles. The molecule has 0 bridgehead atoms. The molecule has 1 aromatic carbocycles. The summed E-state index contributed by atoms with van der Waals surface area (Å²) < 4.78 is 2.31. The average molecular weight is 240 g/mol. The molecule has 2 aromatic rings. The summed E-state index contributed by atoms with van der Waals surface area (Å²) in [7, 11) is 0. The maximum absolute atomic E-state index is 4.44. The van der Waals surface area contributed by atoms with E-state index in [9.17, 15) is 0 Å². The van der Waals surface area contributed by atoms with Crippen molar-refractivity contribution < 1.29 is 0 Å². The molecule has 18 heavy (non-hydrogen) atoms. The van der Waals surface area contributed by atoms with E-state index in [0.29, 0.717) is 5.92 Å².